The topological polar surface area (TPSA) is 78.0 Å². The van der Waals surface area contributed by atoms with Gasteiger partial charge < -0.3 is 15.4 Å². The number of imidazole rings is 1. The molecule has 1 aromatic heterocycles. The molecule has 0 saturated carbocycles. The van der Waals surface area contributed by atoms with Gasteiger partial charge in [-0.25, -0.2) is 4.98 Å². The number of rotatable bonds is 4. The highest BCUT2D eigenvalue weighted by molar-refractivity contribution is 6.33. The van der Waals surface area contributed by atoms with Crippen molar-refractivity contribution in [2.75, 3.05) is 6.54 Å². The average Bonchev–Trinajstić information content (AvgIpc) is 2.85. The summed E-state index contributed by atoms with van der Waals surface area (Å²) in [5.41, 5.74) is 1.21. The Kier molecular flexibility index (Phi) is 3.84. The number of carbonyl (C=O) groups excluding carboxylic acids is 1. The normalized spacial score (nSPS) is 10.3. The molecule has 1 aromatic carbocycles. The summed E-state index contributed by atoms with van der Waals surface area (Å²) in [6.07, 6.45) is 3.94. The van der Waals surface area contributed by atoms with Gasteiger partial charge >= 0.3 is 0 Å². The maximum absolute atomic E-state index is 11.8. The quantitative estimate of drug-likeness (QED) is 0.788. The molecule has 5 nitrogen and oxygen atoms in total. The summed E-state index contributed by atoms with van der Waals surface area (Å²) in [6, 6.07) is 4.26. The van der Waals surface area contributed by atoms with Gasteiger partial charge in [-0.3, -0.25) is 4.79 Å². The van der Waals surface area contributed by atoms with E-state index in [1.165, 1.54) is 18.2 Å². The molecule has 0 fully saturated rings. The minimum Gasteiger partial charge on any atom is -0.508 e. The lowest BCUT2D eigenvalue weighted by atomic mass is 10.2. The zero-order valence-corrected chi connectivity index (χ0v) is 10.2. The molecule has 0 bridgehead atoms. The van der Waals surface area contributed by atoms with Crippen LogP contribution < -0.4 is 5.32 Å². The standard InChI is InChI=1S/C12H12ClN3O2/c13-11-2-1-9(17)5-10(11)12(18)15-4-3-8-6-14-7-16-8/h1-2,5-7,17H,3-4H2,(H,14,16)(H,15,18). The fraction of sp³-hybridized carbons (Fsp3) is 0.167. The third kappa shape index (κ3) is 3.01. The second kappa shape index (κ2) is 5.55. The zero-order chi connectivity index (χ0) is 13.0. The van der Waals surface area contributed by atoms with Crippen LogP contribution in [0.4, 0.5) is 0 Å². The van der Waals surface area contributed by atoms with Gasteiger partial charge in [0.1, 0.15) is 5.75 Å². The van der Waals surface area contributed by atoms with Gasteiger partial charge in [0.05, 0.1) is 16.9 Å². The van der Waals surface area contributed by atoms with E-state index in [1.807, 2.05) is 0 Å². The predicted octanol–water partition coefficient (Wildman–Crippen LogP) is 1.74. The Hall–Kier alpha value is -2.01. The summed E-state index contributed by atoms with van der Waals surface area (Å²) in [4.78, 5) is 18.6. The number of nitrogens with zero attached hydrogens (tertiary/aromatic N) is 1. The van der Waals surface area contributed by atoms with E-state index in [4.69, 9.17) is 11.6 Å². The summed E-state index contributed by atoms with van der Waals surface area (Å²) in [6.45, 7) is 0.465. The van der Waals surface area contributed by atoms with Crippen molar-refractivity contribution in [3.8, 4) is 5.75 Å². The van der Waals surface area contributed by atoms with Crippen LogP contribution in [0.25, 0.3) is 0 Å². The molecule has 0 saturated heterocycles. The van der Waals surface area contributed by atoms with Gasteiger partial charge in [0.25, 0.3) is 5.91 Å². The zero-order valence-electron chi connectivity index (χ0n) is 9.48. The first-order valence-electron chi connectivity index (χ1n) is 5.41. The number of hydrogen-bond acceptors (Lipinski definition) is 3. The van der Waals surface area contributed by atoms with E-state index in [1.54, 1.807) is 12.5 Å². The number of H-pyrrole nitrogens is 1. The summed E-state index contributed by atoms with van der Waals surface area (Å²) in [7, 11) is 0. The number of benzene rings is 1. The number of amides is 1. The van der Waals surface area contributed by atoms with E-state index in [9.17, 15) is 9.90 Å². The molecule has 6 heteroatoms. The largest absolute Gasteiger partial charge is 0.508 e. The lowest BCUT2D eigenvalue weighted by molar-refractivity contribution is 0.0954. The number of phenols is 1. The Labute approximate surface area is 109 Å². The van der Waals surface area contributed by atoms with Crippen LogP contribution in [0.2, 0.25) is 5.02 Å². The average molecular weight is 266 g/mol. The van der Waals surface area contributed by atoms with Crippen LogP contribution in [0, 0.1) is 0 Å². The van der Waals surface area contributed by atoms with Gasteiger partial charge in [-0.05, 0) is 18.2 Å². The van der Waals surface area contributed by atoms with Crippen molar-refractivity contribution in [2.45, 2.75) is 6.42 Å². The second-order valence-corrected chi connectivity index (χ2v) is 4.15. The Balaban J connectivity index is 1.93. The van der Waals surface area contributed by atoms with Crippen LogP contribution in [-0.4, -0.2) is 27.5 Å². The fourth-order valence-electron chi connectivity index (χ4n) is 1.51. The number of nitrogens with one attached hydrogen (secondary N) is 2. The molecule has 1 heterocycles. The number of phenolic OH excluding ortho intramolecular Hbond substituents is 1. The number of aromatic nitrogens is 2. The van der Waals surface area contributed by atoms with Gasteiger partial charge in [-0.2, -0.15) is 0 Å². The van der Waals surface area contributed by atoms with Gasteiger partial charge in [0, 0.05) is 24.9 Å². The minimum absolute atomic E-state index is 0.0121. The molecule has 0 spiro atoms. The van der Waals surface area contributed by atoms with Gasteiger partial charge in [-0.1, -0.05) is 11.6 Å². The van der Waals surface area contributed by atoms with Crippen molar-refractivity contribution in [3.05, 3.63) is 47.0 Å². The van der Waals surface area contributed by atoms with Crippen LogP contribution in [0.15, 0.2) is 30.7 Å². The molecule has 0 aliphatic rings. The molecule has 0 atom stereocenters. The molecule has 18 heavy (non-hydrogen) atoms. The molecule has 3 N–H and O–H groups in total. The van der Waals surface area contributed by atoms with Crippen LogP contribution in [0.3, 0.4) is 0 Å². The first-order chi connectivity index (χ1) is 8.66. The number of halogens is 1. The van der Waals surface area contributed by atoms with Crippen molar-refractivity contribution in [2.24, 2.45) is 0 Å². The Morgan fingerprint density at radius 1 is 1.50 bits per heavy atom. The SMILES string of the molecule is O=C(NCCc1cnc[nH]1)c1cc(O)ccc1Cl. The Morgan fingerprint density at radius 3 is 3.06 bits per heavy atom. The number of hydrogen-bond donors (Lipinski definition) is 3. The van der Waals surface area contributed by atoms with Crippen molar-refractivity contribution in [3.63, 3.8) is 0 Å². The molecule has 0 aliphatic carbocycles. The number of aromatic amines is 1. The summed E-state index contributed by atoms with van der Waals surface area (Å²) < 4.78 is 0. The molecule has 1 amide bonds. The monoisotopic (exact) mass is 265 g/mol. The Morgan fingerprint density at radius 2 is 2.33 bits per heavy atom. The third-order valence-electron chi connectivity index (χ3n) is 2.43. The molecule has 2 aromatic rings. The predicted molar refractivity (Wildman–Crippen MR) is 67.7 cm³/mol. The van der Waals surface area contributed by atoms with E-state index in [2.05, 4.69) is 15.3 Å². The van der Waals surface area contributed by atoms with E-state index >= 15 is 0 Å². The van der Waals surface area contributed by atoms with Crippen LogP contribution >= 0.6 is 11.6 Å². The van der Waals surface area contributed by atoms with Crippen molar-refractivity contribution in [1.29, 1.82) is 0 Å². The maximum Gasteiger partial charge on any atom is 0.252 e. The van der Waals surface area contributed by atoms with E-state index < -0.39 is 0 Å². The number of aromatic hydroxyl groups is 1. The molecule has 94 valence electrons. The first kappa shape index (κ1) is 12.4. The van der Waals surface area contributed by atoms with Gasteiger partial charge in [-0.15, -0.1) is 0 Å². The summed E-state index contributed by atoms with van der Waals surface area (Å²) >= 11 is 5.88. The van der Waals surface area contributed by atoms with Crippen LogP contribution in [-0.2, 0) is 6.42 Å². The fourth-order valence-corrected chi connectivity index (χ4v) is 1.72. The molecule has 2 rings (SSSR count). The van der Waals surface area contributed by atoms with Gasteiger partial charge in [0.2, 0.25) is 0 Å². The lowest BCUT2D eigenvalue weighted by Gasteiger charge is -2.06. The second-order valence-electron chi connectivity index (χ2n) is 3.75. The summed E-state index contributed by atoms with van der Waals surface area (Å²) in [5.74, 6) is -0.298. The molecule has 0 radical (unpaired) electrons. The van der Waals surface area contributed by atoms with Crippen molar-refractivity contribution < 1.29 is 9.90 Å². The summed E-state index contributed by atoms with van der Waals surface area (Å²) in [5, 5.41) is 12.3. The molecule has 0 unspecified atom stereocenters. The highest BCUT2D eigenvalue weighted by Crippen LogP contribution is 2.20. The molecule has 0 aliphatic heterocycles. The van der Waals surface area contributed by atoms with Crippen molar-refractivity contribution in [1.82, 2.24) is 15.3 Å². The smallest absolute Gasteiger partial charge is 0.252 e. The molecular formula is C12H12ClN3O2. The van der Waals surface area contributed by atoms with Gasteiger partial charge in [0.15, 0.2) is 0 Å². The third-order valence-corrected chi connectivity index (χ3v) is 2.76. The highest BCUT2D eigenvalue weighted by Gasteiger charge is 2.10. The van der Waals surface area contributed by atoms with Crippen LogP contribution in [0.1, 0.15) is 16.1 Å². The lowest BCUT2D eigenvalue weighted by Crippen LogP contribution is -2.26. The van der Waals surface area contributed by atoms with E-state index in [0.717, 1.165) is 5.69 Å². The highest BCUT2D eigenvalue weighted by atomic mass is 35.5. The molecular weight excluding hydrogens is 254 g/mol. The first-order valence-corrected chi connectivity index (χ1v) is 5.78. The van der Waals surface area contributed by atoms with Crippen LogP contribution in [0.5, 0.6) is 5.75 Å². The number of carbonyl (C=O) groups is 1. The Bertz CT molecular complexity index is 540. The van der Waals surface area contributed by atoms with E-state index in [-0.39, 0.29) is 17.2 Å². The van der Waals surface area contributed by atoms with Crippen molar-refractivity contribution >= 4 is 17.5 Å². The van der Waals surface area contributed by atoms with E-state index in [0.29, 0.717) is 18.0 Å². The minimum atomic E-state index is -0.310. The maximum atomic E-state index is 11.8.